The predicted octanol–water partition coefficient (Wildman–Crippen LogP) is 2.40. The van der Waals surface area contributed by atoms with Crippen molar-refractivity contribution in [2.24, 2.45) is 10.9 Å². The van der Waals surface area contributed by atoms with E-state index in [1.54, 1.807) is 11.3 Å². The molecular weight excluding hydrogens is 272 g/mol. The van der Waals surface area contributed by atoms with Crippen molar-refractivity contribution in [3.63, 3.8) is 0 Å². The lowest BCUT2D eigenvalue weighted by atomic mass is 10.1. The summed E-state index contributed by atoms with van der Waals surface area (Å²) in [6.07, 6.45) is 0. The van der Waals surface area contributed by atoms with Gasteiger partial charge >= 0.3 is 0 Å². The van der Waals surface area contributed by atoms with Gasteiger partial charge in [0.15, 0.2) is 5.84 Å². The van der Waals surface area contributed by atoms with E-state index < -0.39 is 0 Å². The predicted molar refractivity (Wildman–Crippen MR) is 81.1 cm³/mol. The Bertz CT molecular complexity index is 609. The molecule has 1 unspecified atom stereocenters. The highest BCUT2D eigenvalue weighted by molar-refractivity contribution is 7.09. The highest BCUT2D eigenvalue weighted by Crippen LogP contribution is 2.18. The summed E-state index contributed by atoms with van der Waals surface area (Å²) < 4.78 is 0. The van der Waals surface area contributed by atoms with E-state index in [1.165, 1.54) is 0 Å². The standard InChI is InChI=1S/C14H18N4OS/c1-9-8-20-14(17-9)10(2)16-7-11-4-3-5-12(6-11)13(15)18-19/h3-6,8,10,16,19H,7H2,1-2H3,(H2,15,18). The fraction of sp³-hybridized carbons (Fsp3) is 0.286. The molecule has 0 fully saturated rings. The van der Waals surface area contributed by atoms with Crippen molar-refractivity contribution in [3.8, 4) is 0 Å². The van der Waals surface area contributed by atoms with E-state index in [9.17, 15) is 0 Å². The van der Waals surface area contributed by atoms with Crippen molar-refractivity contribution < 1.29 is 5.21 Å². The summed E-state index contributed by atoms with van der Waals surface area (Å²) in [5.74, 6) is 0.121. The molecule has 4 N–H and O–H groups in total. The first-order valence-corrected chi connectivity index (χ1v) is 7.20. The third-order valence-electron chi connectivity index (χ3n) is 2.95. The summed E-state index contributed by atoms with van der Waals surface area (Å²) >= 11 is 1.66. The van der Waals surface area contributed by atoms with E-state index in [2.05, 4.69) is 22.4 Å². The van der Waals surface area contributed by atoms with Gasteiger partial charge in [-0.05, 0) is 25.5 Å². The number of rotatable bonds is 5. The molecule has 0 bridgehead atoms. The molecule has 20 heavy (non-hydrogen) atoms. The number of benzene rings is 1. The number of nitrogens with zero attached hydrogens (tertiary/aromatic N) is 2. The molecule has 1 aromatic carbocycles. The lowest BCUT2D eigenvalue weighted by Crippen LogP contribution is -2.19. The van der Waals surface area contributed by atoms with Crippen LogP contribution in [0.4, 0.5) is 0 Å². The fourth-order valence-corrected chi connectivity index (χ4v) is 2.66. The second kappa shape index (κ2) is 6.49. The van der Waals surface area contributed by atoms with Crippen LogP contribution in [0.2, 0.25) is 0 Å². The van der Waals surface area contributed by atoms with Crippen molar-refractivity contribution in [1.82, 2.24) is 10.3 Å². The van der Waals surface area contributed by atoms with Gasteiger partial charge < -0.3 is 16.3 Å². The van der Waals surface area contributed by atoms with Gasteiger partial charge in [-0.3, -0.25) is 0 Å². The zero-order valence-electron chi connectivity index (χ0n) is 11.5. The molecule has 0 aliphatic heterocycles. The van der Waals surface area contributed by atoms with Crippen LogP contribution < -0.4 is 11.1 Å². The molecule has 0 amide bonds. The van der Waals surface area contributed by atoms with Crippen LogP contribution in [0.25, 0.3) is 0 Å². The molecule has 0 saturated heterocycles. The first-order valence-electron chi connectivity index (χ1n) is 6.32. The number of thiazole rings is 1. The van der Waals surface area contributed by atoms with E-state index in [4.69, 9.17) is 10.9 Å². The van der Waals surface area contributed by atoms with E-state index >= 15 is 0 Å². The molecule has 2 aromatic rings. The van der Waals surface area contributed by atoms with Gasteiger partial charge in [0.1, 0.15) is 5.01 Å². The molecular formula is C14H18N4OS. The third kappa shape index (κ3) is 3.55. The molecule has 1 aromatic heterocycles. The summed E-state index contributed by atoms with van der Waals surface area (Å²) in [7, 11) is 0. The Morgan fingerprint density at radius 3 is 3.00 bits per heavy atom. The minimum Gasteiger partial charge on any atom is -0.409 e. The maximum Gasteiger partial charge on any atom is 0.170 e. The zero-order valence-corrected chi connectivity index (χ0v) is 12.3. The topological polar surface area (TPSA) is 83.5 Å². The van der Waals surface area contributed by atoms with Gasteiger partial charge in [0.2, 0.25) is 0 Å². The largest absolute Gasteiger partial charge is 0.409 e. The number of hydrogen-bond donors (Lipinski definition) is 3. The number of aromatic nitrogens is 1. The molecule has 2 rings (SSSR count). The molecule has 6 heteroatoms. The van der Waals surface area contributed by atoms with Crippen molar-refractivity contribution >= 4 is 17.2 Å². The fourth-order valence-electron chi connectivity index (χ4n) is 1.83. The molecule has 0 radical (unpaired) electrons. The van der Waals surface area contributed by atoms with Crippen LogP contribution in [0.15, 0.2) is 34.8 Å². The van der Waals surface area contributed by atoms with Gasteiger partial charge in [0.25, 0.3) is 0 Å². The maximum absolute atomic E-state index is 8.69. The Morgan fingerprint density at radius 1 is 1.55 bits per heavy atom. The molecule has 1 atom stereocenters. The van der Waals surface area contributed by atoms with E-state index in [0.29, 0.717) is 12.1 Å². The Morgan fingerprint density at radius 2 is 2.35 bits per heavy atom. The van der Waals surface area contributed by atoms with E-state index in [0.717, 1.165) is 16.3 Å². The first kappa shape index (κ1) is 14.5. The molecule has 0 spiro atoms. The maximum atomic E-state index is 8.69. The lowest BCUT2D eigenvalue weighted by molar-refractivity contribution is 0.318. The minimum absolute atomic E-state index is 0.121. The quantitative estimate of drug-likeness (QED) is 0.342. The second-order valence-corrected chi connectivity index (χ2v) is 5.51. The molecule has 1 heterocycles. The normalized spacial score (nSPS) is 13.4. The SMILES string of the molecule is Cc1csc(C(C)NCc2cccc(C(N)=NO)c2)n1. The van der Waals surface area contributed by atoms with Gasteiger partial charge in [-0.25, -0.2) is 4.98 Å². The monoisotopic (exact) mass is 290 g/mol. The number of hydrogen-bond acceptors (Lipinski definition) is 5. The van der Waals surface area contributed by atoms with Crippen molar-refractivity contribution in [1.29, 1.82) is 0 Å². The molecule has 5 nitrogen and oxygen atoms in total. The van der Waals surface area contributed by atoms with Crippen LogP contribution in [-0.2, 0) is 6.54 Å². The average Bonchev–Trinajstić information content (AvgIpc) is 2.91. The van der Waals surface area contributed by atoms with Crippen LogP contribution in [0.1, 0.15) is 34.8 Å². The summed E-state index contributed by atoms with van der Waals surface area (Å²) in [6.45, 7) is 4.78. The molecule has 0 aliphatic rings. The van der Waals surface area contributed by atoms with E-state index in [1.807, 2.05) is 36.6 Å². The van der Waals surface area contributed by atoms with E-state index in [-0.39, 0.29) is 11.9 Å². The lowest BCUT2D eigenvalue weighted by Gasteiger charge is -2.11. The average molecular weight is 290 g/mol. The van der Waals surface area contributed by atoms with Crippen molar-refractivity contribution in [3.05, 3.63) is 51.5 Å². The molecule has 0 aliphatic carbocycles. The van der Waals surface area contributed by atoms with Gasteiger partial charge in [-0.15, -0.1) is 11.3 Å². The number of aryl methyl sites for hydroxylation is 1. The summed E-state index contributed by atoms with van der Waals surface area (Å²) in [6, 6.07) is 7.80. The molecule has 106 valence electrons. The molecule has 0 saturated carbocycles. The van der Waals surface area contributed by atoms with Crippen LogP contribution >= 0.6 is 11.3 Å². The van der Waals surface area contributed by atoms with Crippen LogP contribution in [0.5, 0.6) is 0 Å². The van der Waals surface area contributed by atoms with Gasteiger partial charge in [0.05, 0.1) is 6.04 Å². The number of nitrogens with one attached hydrogen (secondary N) is 1. The minimum atomic E-state index is 0.121. The van der Waals surface area contributed by atoms with Crippen LogP contribution in [-0.4, -0.2) is 16.0 Å². The van der Waals surface area contributed by atoms with Gasteiger partial charge in [-0.1, -0.05) is 23.4 Å². The Hall–Kier alpha value is -1.92. The summed E-state index contributed by atoms with van der Waals surface area (Å²) in [4.78, 5) is 4.47. The zero-order chi connectivity index (χ0) is 14.5. The smallest absolute Gasteiger partial charge is 0.170 e. The Labute approximate surface area is 122 Å². The van der Waals surface area contributed by atoms with Crippen LogP contribution in [0.3, 0.4) is 0 Å². The van der Waals surface area contributed by atoms with Crippen molar-refractivity contribution in [2.45, 2.75) is 26.4 Å². The van der Waals surface area contributed by atoms with Gasteiger partial charge in [0, 0.05) is 23.2 Å². The number of oxime groups is 1. The van der Waals surface area contributed by atoms with Gasteiger partial charge in [-0.2, -0.15) is 0 Å². The second-order valence-electron chi connectivity index (χ2n) is 4.62. The third-order valence-corrected chi connectivity index (χ3v) is 4.10. The Balaban J connectivity index is 2.00. The number of amidine groups is 1. The van der Waals surface area contributed by atoms with Crippen LogP contribution in [0, 0.1) is 6.92 Å². The Kier molecular flexibility index (Phi) is 4.70. The summed E-state index contributed by atoms with van der Waals surface area (Å²) in [5.41, 5.74) is 8.42. The first-order chi connectivity index (χ1) is 9.60. The summed E-state index contributed by atoms with van der Waals surface area (Å²) in [5, 5.41) is 18.2. The highest BCUT2D eigenvalue weighted by Gasteiger charge is 2.09. The van der Waals surface area contributed by atoms with Crippen molar-refractivity contribution in [2.75, 3.05) is 0 Å². The highest BCUT2D eigenvalue weighted by atomic mass is 32.1. The number of nitrogens with two attached hydrogens (primary N) is 1.